The third kappa shape index (κ3) is 14.0. The first kappa shape index (κ1) is 32.8. The lowest BCUT2D eigenvalue weighted by molar-refractivity contribution is -0.384. The maximum atomic E-state index is 13.1. The summed E-state index contributed by atoms with van der Waals surface area (Å²) < 4.78 is 0. The molecule has 0 unspecified atom stereocenters. The van der Waals surface area contributed by atoms with Gasteiger partial charge in [-0.05, 0) is 32.3 Å². The van der Waals surface area contributed by atoms with E-state index in [0.717, 1.165) is 6.92 Å². The summed E-state index contributed by atoms with van der Waals surface area (Å²) in [6.45, 7) is 7.24. The molecule has 0 radical (unpaired) electrons. The normalized spacial score (nSPS) is 11.6. The fourth-order valence-electron chi connectivity index (χ4n) is 3.24. The maximum absolute atomic E-state index is 13.1. The molecule has 7 N–H and O–H groups in total. The van der Waals surface area contributed by atoms with Crippen molar-refractivity contribution in [1.82, 2.24) is 15.5 Å². The Balaban J connectivity index is 0.00000300. The quantitative estimate of drug-likeness (QED) is 0.0778. The monoisotopic (exact) mass is 523 g/mol. The van der Waals surface area contributed by atoms with Gasteiger partial charge in [-0.3, -0.25) is 34.3 Å². The molecule has 0 bridgehead atoms. The molecule has 0 aliphatic rings. The molecule has 14 nitrogen and oxygen atoms in total. The highest BCUT2D eigenvalue weighted by molar-refractivity contribution is 5.92. The summed E-state index contributed by atoms with van der Waals surface area (Å²) in [5, 5.41) is 23.6. The van der Waals surface area contributed by atoms with E-state index in [1.165, 1.54) is 19.1 Å². The minimum Gasteiger partial charge on any atom is -0.481 e. The molecular formula is C23H37N7O7. The average Bonchev–Trinajstić information content (AvgIpc) is 2.80. The molecule has 3 amide bonds. The average molecular weight is 524 g/mol. The molecule has 0 spiro atoms. The molecule has 14 heteroatoms. The lowest BCUT2D eigenvalue weighted by Crippen LogP contribution is -2.55. The van der Waals surface area contributed by atoms with Gasteiger partial charge in [-0.2, -0.15) is 0 Å². The van der Waals surface area contributed by atoms with Crippen LogP contribution < -0.4 is 22.1 Å². The van der Waals surface area contributed by atoms with E-state index in [1.807, 2.05) is 13.8 Å². The maximum Gasteiger partial charge on any atom is 0.300 e. The van der Waals surface area contributed by atoms with E-state index in [4.69, 9.17) is 21.4 Å². The standard InChI is InChI=1S/C21H33N7O5.C2H4O2/c1-4-27(5-2)20(31)18(13-15-8-10-16(11-9-15)28(32)33)26-19(30)17(25-14(3)29)7-6-12-24-21(22)23;1-2(3)4/h8-11,17-18H,4-7,12-13H2,1-3H3,(H,25,29)(H,26,30)(H4,22,23,24);1H3,(H,3,4)/t17-,18-;/m0./s1. The molecule has 0 fully saturated rings. The zero-order chi connectivity index (χ0) is 28.5. The van der Waals surface area contributed by atoms with Crippen LogP contribution in [0.4, 0.5) is 5.69 Å². The van der Waals surface area contributed by atoms with Crippen molar-refractivity contribution in [2.24, 2.45) is 16.5 Å². The Kier molecular flexibility index (Phi) is 15.3. The van der Waals surface area contributed by atoms with Gasteiger partial charge in [-0.15, -0.1) is 0 Å². The Morgan fingerprint density at radius 2 is 1.59 bits per heavy atom. The van der Waals surface area contributed by atoms with Crippen molar-refractivity contribution >= 4 is 35.3 Å². The summed E-state index contributed by atoms with van der Waals surface area (Å²) in [4.78, 5) is 62.5. The fraction of sp³-hybridized carbons (Fsp3) is 0.522. The van der Waals surface area contributed by atoms with Crippen LogP contribution in [-0.2, 0) is 25.6 Å². The molecule has 1 aromatic carbocycles. The van der Waals surface area contributed by atoms with E-state index in [-0.39, 0.29) is 42.8 Å². The smallest absolute Gasteiger partial charge is 0.300 e. The Bertz CT molecular complexity index is 939. The van der Waals surface area contributed by atoms with E-state index in [0.29, 0.717) is 25.1 Å². The molecule has 1 rings (SSSR count). The number of amides is 3. The van der Waals surface area contributed by atoms with Crippen LogP contribution in [-0.4, -0.2) is 76.3 Å². The van der Waals surface area contributed by atoms with Crippen LogP contribution in [0.2, 0.25) is 0 Å². The van der Waals surface area contributed by atoms with E-state index < -0.39 is 28.9 Å². The number of nitrogens with one attached hydrogen (secondary N) is 2. The third-order valence-electron chi connectivity index (χ3n) is 4.92. The molecule has 206 valence electrons. The van der Waals surface area contributed by atoms with Crippen LogP contribution in [0.25, 0.3) is 0 Å². The zero-order valence-electron chi connectivity index (χ0n) is 21.6. The molecule has 0 aliphatic heterocycles. The number of nitro groups is 1. The van der Waals surface area contributed by atoms with Crippen molar-refractivity contribution in [2.75, 3.05) is 19.6 Å². The summed E-state index contributed by atoms with van der Waals surface area (Å²) in [7, 11) is 0. The molecule has 0 aliphatic carbocycles. The largest absolute Gasteiger partial charge is 0.481 e. The number of nitrogens with zero attached hydrogens (tertiary/aromatic N) is 3. The number of non-ortho nitro benzene ring substituents is 1. The molecule has 0 saturated carbocycles. The van der Waals surface area contributed by atoms with Crippen molar-refractivity contribution in [2.45, 2.75) is 59.0 Å². The van der Waals surface area contributed by atoms with Crippen molar-refractivity contribution < 1.29 is 29.2 Å². The number of carboxylic acids is 1. The van der Waals surface area contributed by atoms with Gasteiger partial charge < -0.3 is 32.1 Å². The Morgan fingerprint density at radius 1 is 1.05 bits per heavy atom. The number of likely N-dealkylation sites (N-methyl/N-ethyl adjacent to an activating group) is 1. The van der Waals surface area contributed by atoms with Gasteiger partial charge in [0.15, 0.2) is 5.96 Å². The van der Waals surface area contributed by atoms with Gasteiger partial charge in [0.05, 0.1) is 4.92 Å². The van der Waals surface area contributed by atoms with Gasteiger partial charge in [-0.25, -0.2) is 0 Å². The lowest BCUT2D eigenvalue weighted by atomic mass is 10.0. The van der Waals surface area contributed by atoms with Gasteiger partial charge in [0.2, 0.25) is 17.7 Å². The van der Waals surface area contributed by atoms with Crippen molar-refractivity contribution in [3.63, 3.8) is 0 Å². The highest BCUT2D eigenvalue weighted by Crippen LogP contribution is 2.14. The first-order valence-corrected chi connectivity index (χ1v) is 11.7. The first-order chi connectivity index (χ1) is 17.3. The predicted molar refractivity (Wildman–Crippen MR) is 137 cm³/mol. The second-order valence-electron chi connectivity index (χ2n) is 7.92. The molecule has 37 heavy (non-hydrogen) atoms. The number of hydrogen-bond acceptors (Lipinski definition) is 7. The van der Waals surface area contributed by atoms with E-state index in [1.54, 1.807) is 17.0 Å². The van der Waals surface area contributed by atoms with Crippen LogP contribution in [0.15, 0.2) is 29.3 Å². The van der Waals surface area contributed by atoms with Crippen LogP contribution in [0, 0.1) is 10.1 Å². The second kappa shape index (κ2) is 17.2. The highest BCUT2D eigenvalue weighted by atomic mass is 16.6. The summed E-state index contributed by atoms with van der Waals surface area (Å²) in [5.74, 6) is -2.08. The Hall–Kier alpha value is -4.23. The first-order valence-electron chi connectivity index (χ1n) is 11.7. The minimum atomic E-state index is -0.909. The third-order valence-corrected chi connectivity index (χ3v) is 4.92. The molecule has 2 atom stereocenters. The summed E-state index contributed by atoms with van der Waals surface area (Å²) in [5.41, 5.74) is 11.2. The molecule has 0 aromatic heterocycles. The topological polar surface area (TPSA) is 223 Å². The van der Waals surface area contributed by atoms with Crippen LogP contribution in [0.1, 0.15) is 46.1 Å². The Labute approximate surface area is 215 Å². The highest BCUT2D eigenvalue weighted by Gasteiger charge is 2.28. The van der Waals surface area contributed by atoms with Crippen molar-refractivity contribution in [3.05, 3.63) is 39.9 Å². The lowest BCUT2D eigenvalue weighted by Gasteiger charge is -2.27. The number of carbonyl (C=O) groups excluding carboxylic acids is 3. The summed E-state index contributed by atoms with van der Waals surface area (Å²) >= 11 is 0. The zero-order valence-corrected chi connectivity index (χ0v) is 21.6. The van der Waals surface area contributed by atoms with E-state index >= 15 is 0 Å². The summed E-state index contributed by atoms with van der Waals surface area (Å²) in [6.07, 6.45) is 0.846. The molecule has 1 aromatic rings. The predicted octanol–water partition coefficient (Wildman–Crippen LogP) is 0.140. The number of aliphatic imine (C=N–C) groups is 1. The Morgan fingerprint density at radius 3 is 2.03 bits per heavy atom. The minimum absolute atomic E-state index is 0.0662. The van der Waals surface area contributed by atoms with Gasteiger partial charge in [-0.1, -0.05) is 12.1 Å². The van der Waals surface area contributed by atoms with Gasteiger partial charge >= 0.3 is 0 Å². The van der Waals surface area contributed by atoms with Crippen LogP contribution in [0.3, 0.4) is 0 Å². The van der Waals surface area contributed by atoms with Crippen LogP contribution in [0.5, 0.6) is 0 Å². The van der Waals surface area contributed by atoms with E-state index in [2.05, 4.69) is 15.6 Å². The van der Waals surface area contributed by atoms with Crippen molar-refractivity contribution in [1.29, 1.82) is 0 Å². The fourth-order valence-corrected chi connectivity index (χ4v) is 3.24. The van der Waals surface area contributed by atoms with Gasteiger partial charge in [0, 0.05) is 52.0 Å². The second-order valence-corrected chi connectivity index (χ2v) is 7.92. The van der Waals surface area contributed by atoms with Crippen molar-refractivity contribution in [3.8, 4) is 0 Å². The SMILES string of the molecule is CC(=O)O.CCN(CC)C(=O)[C@H](Cc1ccc([N+](=O)[O-])cc1)NC(=O)[C@H](CCCN=C(N)N)NC(C)=O. The number of carbonyl (C=O) groups is 4. The summed E-state index contributed by atoms with van der Waals surface area (Å²) in [6, 6.07) is 4.01. The number of nitrogens with two attached hydrogens (primary N) is 2. The number of nitro benzene ring substituents is 1. The molecule has 0 heterocycles. The number of benzene rings is 1. The number of guanidine groups is 1. The van der Waals surface area contributed by atoms with Crippen LogP contribution >= 0.6 is 0 Å². The number of aliphatic carboxylic acids is 1. The number of hydrogen-bond donors (Lipinski definition) is 5. The van der Waals surface area contributed by atoms with Gasteiger partial charge in [0.1, 0.15) is 12.1 Å². The van der Waals surface area contributed by atoms with E-state index in [9.17, 15) is 24.5 Å². The molecule has 0 saturated heterocycles. The van der Waals surface area contributed by atoms with Gasteiger partial charge in [0.25, 0.3) is 11.7 Å². The number of rotatable bonds is 13. The number of carboxylic acid groups (broad SMARTS) is 1. The molecular weight excluding hydrogens is 486 g/mol.